The van der Waals surface area contributed by atoms with E-state index in [9.17, 15) is 13.2 Å². The van der Waals surface area contributed by atoms with Crippen LogP contribution < -0.4 is 9.46 Å². The van der Waals surface area contributed by atoms with Gasteiger partial charge < -0.3 is 9.26 Å². The van der Waals surface area contributed by atoms with Crippen molar-refractivity contribution in [1.82, 2.24) is 9.88 Å². The molecule has 2 heterocycles. The molecule has 2 aliphatic rings. The van der Waals surface area contributed by atoms with Crippen LogP contribution in [-0.4, -0.2) is 26.1 Å². The van der Waals surface area contributed by atoms with Crippen LogP contribution in [-0.2, 0) is 26.0 Å². The lowest BCUT2D eigenvalue weighted by atomic mass is 9.87. The SMILES string of the molecule is O=C(NS(=O)(=O)Cc1ccon1)[C@H]1C[C@@]12CCOc1ccccc12. The summed E-state index contributed by atoms with van der Waals surface area (Å²) in [5.41, 5.74) is 0.949. The van der Waals surface area contributed by atoms with Crippen molar-refractivity contribution in [3.05, 3.63) is 47.9 Å². The molecule has 1 N–H and O–H groups in total. The number of fused-ring (bicyclic) bond motifs is 2. The molecule has 4 rings (SSSR count). The normalized spacial score (nSPS) is 24.9. The molecule has 0 unspecified atom stereocenters. The second-order valence-electron chi connectivity index (χ2n) is 6.22. The number of rotatable bonds is 4. The molecule has 0 radical (unpaired) electrons. The van der Waals surface area contributed by atoms with E-state index in [1.165, 1.54) is 12.3 Å². The molecule has 7 nitrogen and oxygen atoms in total. The summed E-state index contributed by atoms with van der Waals surface area (Å²) >= 11 is 0. The van der Waals surface area contributed by atoms with Crippen LogP contribution >= 0.6 is 0 Å². The molecule has 126 valence electrons. The molecule has 1 aromatic carbocycles. The molecular formula is C16H16N2O5S. The number of carbonyl (C=O) groups excluding carboxylic acids is 1. The summed E-state index contributed by atoms with van der Waals surface area (Å²) < 4.78 is 36.7. The predicted octanol–water partition coefficient (Wildman–Crippen LogP) is 1.36. The van der Waals surface area contributed by atoms with Gasteiger partial charge in [-0.1, -0.05) is 23.4 Å². The van der Waals surface area contributed by atoms with E-state index in [1.807, 2.05) is 24.3 Å². The average molecular weight is 348 g/mol. The van der Waals surface area contributed by atoms with Gasteiger partial charge in [-0.15, -0.1) is 0 Å². The lowest BCUT2D eigenvalue weighted by Gasteiger charge is -2.26. The Morgan fingerprint density at radius 3 is 2.96 bits per heavy atom. The number of benzene rings is 1. The standard InChI is InChI=1S/C16H16N2O5S/c19-15(18-24(20,21)10-11-5-7-23-17-11)13-9-16(13)6-8-22-14-4-2-1-3-12(14)16/h1-5,7,13H,6,8-10H2,(H,18,19)/t13-,16-/m1/s1. The summed E-state index contributed by atoms with van der Waals surface area (Å²) in [5, 5.41) is 3.56. The predicted molar refractivity (Wildman–Crippen MR) is 83.6 cm³/mol. The number of carbonyl (C=O) groups is 1. The Bertz CT molecular complexity index is 878. The Kier molecular flexibility index (Phi) is 3.38. The summed E-state index contributed by atoms with van der Waals surface area (Å²) in [6.45, 7) is 0.534. The summed E-state index contributed by atoms with van der Waals surface area (Å²) in [5.74, 6) is -0.413. The van der Waals surface area contributed by atoms with E-state index < -0.39 is 15.9 Å². The van der Waals surface area contributed by atoms with Gasteiger partial charge in [-0.2, -0.15) is 0 Å². The first-order valence-electron chi connectivity index (χ1n) is 7.66. The van der Waals surface area contributed by atoms with Crippen molar-refractivity contribution in [2.45, 2.75) is 24.0 Å². The van der Waals surface area contributed by atoms with Crippen LogP contribution in [0.2, 0.25) is 0 Å². The van der Waals surface area contributed by atoms with Crippen LogP contribution in [0.3, 0.4) is 0 Å². The lowest BCUT2D eigenvalue weighted by molar-refractivity contribution is -0.121. The fourth-order valence-corrected chi connectivity index (χ4v) is 4.53. The minimum atomic E-state index is -3.79. The molecule has 1 aliphatic carbocycles. The van der Waals surface area contributed by atoms with Gasteiger partial charge >= 0.3 is 0 Å². The van der Waals surface area contributed by atoms with E-state index in [2.05, 4.69) is 14.4 Å². The number of hydrogen-bond acceptors (Lipinski definition) is 6. The third-order valence-corrected chi connectivity index (χ3v) is 5.89. The number of hydrogen-bond donors (Lipinski definition) is 1. The molecule has 1 amide bonds. The molecular weight excluding hydrogens is 332 g/mol. The average Bonchev–Trinajstić information content (AvgIpc) is 3.03. The fourth-order valence-electron chi connectivity index (χ4n) is 3.47. The van der Waals surface area contributed by atoms with Gasteiger partial charge in [0.25, 0.3) is 0 Å². The molecule has 1 fully saturated rings. The smallest absolute Gasteiger partial charge is 0.240 e. The number of nitrogens with one attached hydrogen (secondary N) is 1. The zero-order chi connectivity index (χ0) is 16.8. The number of sulfonamides is 1. The van der Waals surface area contributed by atoms with Crippen molar-refractivity contribution in [3.63, 3.8) is 0 Å². The van der Waals surface area contributed by atoms with Crippen LogP contribution in [0.15, 0.2) is 41.1 Å². The quantitative estimate of drug-likeness (QED) is 0.896. The Morgan fingerprint density at radius 1 is 1.33 bits per heavy atom. The molecule has 2 aromatic rings. The first-order valence-corrected chi connectivity index (χ1v) is 9.31. The highest BCUT2D eigenvalue weighted by molar-refractivity contribution is 7.89. The van der Waals surface area contributed by atoms with Crippen molar-refractivity contribution in [2.75, 3.05) is 6.61 Å². The summed E-state index contributed by atoms with van der Waals surface area (Å²) in [7, 11) is -3.79. The number of ether oxygens (including phenoxy) is 1. The van der Waals surface area contributed by atoms with Crippen LogP contribution in [0.25, 0.3) is 0 Å². The van der Waals surface area contributed by atoms with Gasteiger partial charge in [0.1, 0.15) is 23.5 Å². The first kappa shape index (κ1) is 15.2. The number of para-hydroxylation sites is 1. The van der Waals surface area contributed by atoms with E-state index in [0.29, 0.717) is 19.4 Å². The topological polar surface area (TPSA) is 98.5 Å². The summed E-state index contributed by atoms with van der Waals surface area (Å²) in [6, 6.07) is 9.08. The number of nitrogens with zero attached hydrogens (tertiary/aromatic N) is 1. The zero-order valence-electron chi connectivity index (χ0n) is 12.8. The molecule has 2 atom stereocenters. The van der Waals surface area contributed by atoms with Crippen LogP contribution in [0.5, 0.6) is 5.75 Å². The lowest BCUT2D eigenvalue weighted by Crippen LogP contribution is -2.35. The largest absolute Gasteiger partial charge is 0.493 e. The number of amides is 1. The Labute approximate surface area is 139 Å². The minimum absolute atomic E-state index is 0.261. The maximum absolute atomic E-state index is 12.5. The number of aromatic nitrogens is 1. The van der Waals surface area contributed by atoms with E-state index in [4.69, 9.17) is 4.74 Å². The third kappa shape index (κ3) is 2.56. The minimum Gasteiger partial charge on any atom is -0.493 e. The van der Waals surface area contributed by atoms with Crippen molar-refractivity contribution < 1.29 is 22.5 Å². The third-order valence-electron chi connectivity index (χ3n) is 4.71. The molecule has 1 saturated carbocycles. The highest BCUT2D eigenvalue weighted by Gasteiger charge is 2.61. The van der Waals surface area contributed by atoms with Gasteiger partial charge in [-0.05, 0) is 18.9 Å². The first-order chi connectivity index (χ1) is 11.5. The Morgan fingerprint density at radius 2 is 2.17 bits per heavy atom. The van der Waals surface area contributed by atoms with Crippen LogP contribution in [0.4, 0.5) is 0 Å². The van der Waals surface area contributed by atoms with Crippen LogP contribution in [0, 0.1) is 5.92 Å². The van der Waals surface area contributed by atoms with Gasteiger partial charge in [0.15, 0.2) is 0 Å². The molecule has 24 heavy (non-hydrogen) atoms. The van der Waals surface area contributed by atoms with E-state index >= 15 is 0 Å². The second-order valence-corrected chi connectivity index (χ2v) is 7.95. The van der Waals surface area contributed by atoms with E-state index in [-0.39, 0.29) is 22.8 Å². The van der Waals surface area contributed by atoms with Crippen molar-refractivity contribution in [2.24, 2.45) is 5.92 Å². The van der Waals surface area contributed by atoms with Gasteiger partial charge in [0.2, 0.25) is 15.9 Å². The zero-order valence-corrected chi connectivity index (χ0v) is 13.6. The monoisotopic (exact) mass is 348 g/mol. The Balaban J connectivity index is 1.50. The highest BCUT2D eigenvalue weighted by Crippen LogP contribution is 2.60. The Hall–Kier alpha value is -2.35. The van der Waals surface area contributed by atoms with Crippen molar-refractivity contribution in [1.29, 1.82) is 0 Å². The van der Waals surface area contributed by atoms with E-state index in [0.717, 1.165) is 11.3 Å². The maximum atomic E-state index is 12.5. The summed E-state index contributed by atoms with van der Waals surface area (Å²) in [6.07, 6.45) is 2.64. The molecule has 1 aliphatic heterocycles. The molecule has 0 saturated heterocycles. The van der Waals surface area contributed by atoms with Gasteiger partial charge in [-0.3, -0.25) is 9.52 Å². The summed E-state index contributed by atoms with van der Waals surface area (Å²) in [4.78, 5) is 12.5. The molecule has 0 bridgehead atoms. The van der Waals surface area contributed by atoms with Gasteiger partial charge in [0.05, 0.1) is 6.61 Å². The van der Waals surface area contributed by atoms with Crippen molar-refractivity contribution in [3.8, 4) is 5.75 Å². The molecule has 1 aromatic heterocycles. The maximum Gasteiger partial charge on any atom is 0.240 e. The van der Waals surface area contributed by atoms with Gasteiger partial charge in [-0.25, -0.2) is 8.42 Å². The fraction of sp³-hybridized carbons (Fsp3) is 0.375. The van der Waals surface area contributed by atoms with E-state index in [1.54, 1.807) is 0 Å². The molecule has 8 heteroatoms. The second kappa shape index (κ2) is 5.34. The molecule has 1 spiro atoms. The van der Waals surface area contributed by atoms with Gasteiger partial charge in [0, 0.05) is 23.0 Å². The van der Waals surface area contributed by atoms with Crippen molar-refractivity contribution >= 4 is 15.9 Å². The highest BCUT2D eigenvalue weighted by atomic mass is 32.2. The van der Waals surface area contributed by atoms with Crippen LogP contribution in [0.1, 0.15) is 24.1 Å².